The molecule has 0 bridgehead atoms. The molecule has 1 amide bonds. The van der Waals surface area contributed by atoms with Gasteiger partial charge in [-0.05, 0) is 77.4 Å². The van der Waals surface area contributed by atoms with E-state index in [1.807, 2.05) is 48.7 Å². The number of halogens is 2. The highest BCUT2D eigenvalue weighted by Crippen LogP contribution is 2.41. The average Bonchev–Trinajstić information content (AvgIpc) is 3.43. The monoisotopic (exact) mass is 616 g/mol. The molecular weight excluding hydrogens is 587 g/mol. The summed E-state index contributed by atoms with van der Waals surface area (Å²) in [5.41, 5.74) is 1.77. The SMILES string of the molecule is CCOCCCN(CC(=O)N1CCc2sccc2C1c1ccc(Cl)cc1Cl)S(=O)(=O)c1ccc2ccccc2c1. The van der Waals surface area contributed by atoms with E-state index in [1.165, 1.54) is 9.18 Å². The van der Waals surface area contributed by atoms with Crippen LogP contribution in [0.3, 0.4) is 0 Å². The first-order valence-corrected chi connectivity index (χ1v) is 16.2. The molecule has 10 heteroatoms. The molecule has 1 atom stereocenters. The van der Waals surface area contributed by atoms with Gasteiger partial charge in [0.25, 0.3) is 0 Å². The maximum Gasteiger partial charge on any atom is 0.243 e. The molecule has 1 unspecified atom stereocenters. The van der Waals surface area contributed by atoms with E-state index < -0.39 is 16.1 Å². The lowest BCUT2D eigenvalue weighted by molar-refractivity contribution is -0.133. The summed E-state index contributed by atoms with van der Waals surface area (Å²) in [5, 5.41) is 4.76. The summed E-state index contributed by atoms with van der Waals surface area (Å²) in [6, 6.07) is 19.5. The van der Waals surface area contributed by atoms with E-state index in [2.05, 4.69) is 0 Å². The zero-order valence-electron chi connectivity index (χ0n) is 22.1. The van der Waals surface area contributed by atoms with Crippen molar-refractivity contribution in [3.8, 4) is 0 Å². The largest absolute Gasteiger partial charge is 0.382 e. The lowest BCUT2D eigenvalue weighted by Gasteiger charge is -2.38. The lowest BCUT2D eigenvalue weighted by atomic mass is 9.93. The first-order chi connectivity index (χ1) is 19.3. The Labute approximate surface area is 249 Å². The maximum absolute atomic E-state index is 14.0. The van der Waals surface area contributed by atoms with Crippen molar-refractivity contribution in [2.75, 3.05) is 32.8 Å². The zero-order valence-corrected chi connectivity index (χ0v) is 25.2. The fraction of sp³-hybridized carbons (Fsp3) is 0.300. The third-order valence-corrected chi connectivity index (χ3v) is 10.5. The average molecular weight is 618 g/mol. The number of fused-ring (bicyclic) bond motifs is 2. The number of hydrogen-bond acceptors (Lipinski definition) is 5. The molecule has 0 spiro atoms. The number of thiophene rings is 1. The van der Waals surface area contributed by atoms with Crippen LogP contribution in [0.2, 0.25) is 10.0 Å². The van der Waals surface area contributed by atoms with Crippen LogP contribution in [-0.4, -0.2) is 56.4 Å². The van der Waals surface area contributed by atoms with Gasteiger partial charge >= 0.3 is 0 Å². The van der Waals surface area contributed by atoms with Crippen molar-refractivity contribution >= 4 is 61.2 Å². The minimum absolute atomic E-state index is 0.158. The minimum Gasteiger partial charge on any atom is -0.382 e. The van der Waals surface area contributed by atoms with E-state index in [0.29, 0.717) is 42.6 Å². The van der Waals surface area contributed by atoms with E-state index in [1.54, 1.807) is 46.6 Å². The van der Waals surface area contributed by atoms with Gasteiger partial charge in [-0.3, -0.25) is 4.79 Å². The first-order valence-electron chi connectivity index (χ1n) is 13.2. The fourth-order valence-corrected chi connectivity index (χ4v) is 8.01. The van der Waals surface area contributed by atoms with Crippen LogP contribution in [0.5, 0.6) is 0 Å². The van der Waals surface area contributed by atoms with Gasteiger partial charge in [0.15, 0.2) is 0 Å². The highest BCUT2D eigenvalue weighted by molar-refractivity contribution is 7.89. The van der Waals surface area contributed by atoms with Crippen LogP contribution in [0.15, 0.2) is 77.0 Å². The molecule has 2 heterocycles. The second-order valence-corrected chi connectivity index (χ2v) is 13.4. The number of hydrogen-bond donors (Lipinski definition) is 0. The van der Waals surface area contributed by atoms with Crippen molar-refractivity contribution in [3.63, 3.8) is 0 Å². The van der Waals surface area contributed by atoms with E-state index in [4.69, 9.17) is 27.9 Å². The summed E-state index contributed by atoms with van der Waals surface area (Å²) in [4.78, 5) is 17.1. The Morgan fingerprint density at radius 2 is 1.85 bits per heavy atom. The zero-order chi connectivity index (χ0) is 28.3. The molecule has 0 saturated carbocycles. The molecule has 1 aliphatic heterocycles. The molecule has 0 N–H and O–H groups in total. The predicted octanol–water partition coefficient (Wildman–Crippen LogP) is 6.80. The Morgan fingerprint density at radius 1 is 1.05 bits per heavy atom. The van der Waals surface area contributed by atoms with Gasteiger partial charge < -0.3 is 9.64 Å². The van der Waals surface area contributed by atoms with E-state index in [9.17, 15) is 13.2 Å². The van der Waals surface area contributed by atoms with Crippen molar-refractivity contribution in [1.82, 2.24) is 9.21 Å². The number of carbonyl (C=O) groups excluding carboxylic acids is 1. The quantitative estimate of drug-likeness (QED) is 0.184. The first kappa shape index (κ1) is 29.0. The van der Waals surface area contributed by atoms with E-state index >= 15 is 0 Å². The third-order valence-electron chi connectivity index (χ3n) is 7.11. The van der Waals surface area contributed by atoms with Crippen LogP contribution >= 0.6 is 34.5 Å². The molecule has 4 aromatic rings. The van der Waals surface area contributed by atoms with Gasteiger partial charge in [-0.1, -0.05) is 59.6 Å². The molecule has 3 aromatic carbocycles. The van der Waals surface area contributed by atoms with Crippen molar-refractivity contribution < 1.29 is 17.9 Å². The minimum atomic E-state index is -3.97. The fourth-order valence-electron chi connectivity index (χ4n) is 5.13. The highest BCUT2D eigenvalue weighted by Gasteiger charge is 2.36. The van der Waals surface area contributed by atoms with Crippen LogP contribution in [0, 0.1) is 0 Å². The number of nitrogens with zero attached hydrogens (tertiary/aromatic N) is 2. The molecule has 0 saturated heterocycles. The van der Waals surface area contributed by atoms with Gasteiger partial charge in [-0.15, -0.1) is 11.3 Å². The molecule has 5 rings (SSSR count). The Kier molecular flexibility index (Phi) is 9.14. The number of rotatable bonds is 10. The Bertz CT molecular complexity index is 1620. The van der Waals surface area contributed by atoms with Crippen molar-refractivity contribution in [2.24, 2.45) is 0 Å². The second kappa shape index (κ2) is 12.6. The highest BCUT2D eigenvalue weighted by atomic mass is 35.5. The van der Waals surface area contributed by atoms with Gasteiger partial charge in [0.2, 0.25) is 15.9 Å². The number of ether oxygens (including phenoxy) is 1. The summed E-state index contributed by atoms with van der Waals surface area (Å²) in [7, 11) is -3.97. The standard InChI is InChI=1S/C30H30Cl2N2O4S2/c1-2-38-16-5-14-33(40(36,37)24-10-8-21-6-3-4-7-22(21)18-24)20-29(35)34-15-12-28-26(13-17-39-28)30(34)25-11-9-23(31)19-27(25)32/h3-4,6-11,13,17-19,30H,2,5,12,14-16,20H2,1H3. The van der Waals surface area contributed by atoms with Crippen LogP contribution < -0.4 is 0 Å². The summed E-state index contributed by atoms with van der Waals surface area (Å²) in [5.74, 6) is -0.284. The molecule has 6 nitrogen and oxygen atoms in total. The van der Waals surface area contributed by atoms with Crippen LogP contribution in [0.1, 0.15) is 35.4 Å². The summed E-state index contributed by atoms with van der Waals surface area (Å²) in [6.45, 7) is 3.16. The second-order valence-electron chi connectivity index (χ2n) is 9.60. The van der Waals surface area contributed by atoms with Crippen LogP contribution in [-0.2, 0) is 26.0 Å². The molecular formula is C30H30Cl2N2O4S2. The molecule has 40 heavy (non-hydrogen) atoms. The van der Waals surface area contributed by atoms with Crippen molar-refractivity contribution in [1.29, 1.82) is 0 Å². The number of carbonyl (C=O) groups is 1. The molecule has 210 valence electrons. The van der Waals surface area contributed by atoms with Gasteiger partial charge in [-0.25, -0.2) is 8.42 Å². The Balaban J connectivity index is 1.47. The molecule has 1 aromatic heterocycles. The van der Waals surface area contributed by atoms with Crippen molar-refractivity contribution in [2.45, 2.75) is 30.7 Å². The number of sulfonamides is 1. The van der Waals surface area contributed by atoms with Gasteiger partial charge in [-0.2, -0.15) is 4.31 Å². The topological polar surface area (TPSA) is 66.9 Å². The smallest absolute Gasteiger partial charge is 0.243 e. The molecule has 0 fully saturated rings. The van der Waals surface area contributed by atoms with Gasteiger partial charge in [0.1, 0.15) is 0 Å². The number of amides is 1. The molecule has 0 aliphatic carbocycles. The maximum atomic E-state index is 14.0. The van der Waals surface area contributed by atoms with E-state index in [-0.39, 0.29) is 23.9 Å². The van der Waals surface area contributed by atoms with Gasteiger partial charge in [0.05, 0.1) is 17.5 Å². The lowest BCUT2D eigenvalue weighted by Crippen LogP contribution is -2.47. The summed E-state index contributed by atoms with van der Waals surface area (Å²) < 4.78 is 34.6. The third kappa shape index (κ3) is 6.08. The Hall–Kier alpha value is -2.46. The predicted molar refractivity (Wildman–Crippen MR) is 162 cm³/mol. The van der Waals surface area contributed by atoms with E-state index in [0.717, 1.165) is 21.9 Å². The summed E-state index contributed by atoms with van der Waals surface area (Å²) >= 11 is 14.5. The van der Waals surface area contributed by atoms with Crippen LogP contribution in [0.25, 0.3) is 10.8 Å². The molecule has 1 aliphatic rings. The van der Waals surface area contributed by atoms with Crippen molar-refractivity contribution in [3.05, 3.63) is 98.2 Å². The number of benzene rings is 3. The van der Waals surface area contributed by atoms with Gasteiger partial charge in [0, 0.05) is 41.2 Å². The summed E-state index contributed by atoms with van der Waals surface area (Å²) in [6.07, 6.45) is 1.16. The molecule has 0 radical (unpaired) electrons. The Morgan fingerprint density at radius 3 is 2.62 bits per heavy atom. The van der Waals surface area contributed by atoms with Crippen LogP contribution in [0.4, 0.5) is 0 Å². The normalized spacial score (nSPS) is 15.5.